The van der Waals surface area contributed by atoms with Crippen molar-refractivity contribution < 1.29 is 4.79 Å². The average Bonchev–Trinajstić information content (AvgIpc) is 2.45. The van der Waals surface area contributed by atoms with Crippen molar-refractivity contribution in [3.8, 4) is 0 Å². The Hall–Kier alpha value is -0.650. The number of piperazine rings is 1. The van der Waals surface area contributed by atoms with Gasteiger partial charge in [-0.3, -0.25) is 9.69 Å². The van der Waals surface area contributed by atoms with Gasteiger partial charge in [0.2, 0.25) is 5.91 Å². The lowest BCUT2D eigenvalue weighted by Gasteiger charge is -2.34. The number of nitrogens with zero attached hydrogens (tertiary/aromatic N) is 2. The van der Waals surface area contributed by atoms with Gasteiger partial charge in [0.1, 0.15) is 0 Å². The third-order valence-corrected chi connectivity index (χ3v) is 4.05. The molecule has 0 aliphatic carbocycles. The first-order valence-electron chi connectivity index (χ1n) is 8.53. The number of hydrogen-bond donors (Lipinski definition) is 2. The van der Waals surface area contributed by atoms with E-state index < -0.39 is 0 Å². The van der Waals surface area contributed by atoms with E-state index in [-0.39, 0.29) is 5.91 Å². The zero-order chi connectivity index (χ0) is 15.5. The smallest absolute Gasteiger partial charge is 0.234 e. The number of amides is 1. The van der Waals surface area contributed by atoms with E-state index in [0.29, 0.717) is 12.5 Å². The van der Waals surface area contributed by atoms with Crippen LogP contribution < -0.4 is 11.1 Å². The van der Waals surface area contributed by atoms with Crippen molar-refractivity contribution >= 4 is 5.91 Å². The van der Waals surface area contributed by atoms with E-state index in [4.69, 9.17) is 5.73 Å². The lowest BCUT2D eigenvalue weighted by atomic mass is 10.1. The van der Waals surface area contributed by atoms with Gasteiger partial charge >= 0.3 is 0 Å². The molecule has 0 radical (unpaired) electrons. The molecule has 0 unspecified atom stereocenters. The highest BCUT2D eigenvalue weighted by atomic mass is 16.2. The molecule has 3 N–H and O–H groups in total. The molecular weight excluding hydrogens is 264 g/mol. The van der Waals surface area contributed by atoms with Crippen molar-refractivity contribution in [1.29, 1.82) is 0 Å². The van der Waals surface area contributed by atoms with Gasteiger partial charge < -0.3 is 16.0 Å². The summed E-state index contributed by atoms with van der Waals surface area (Å²) in [6.45, 7) is 11.9. The van der Waals surface area contributed by atoms with Crippen LogP contribution >= 0.6 is 0 Å². The molecule has 1 fully saturated rings. The fraction of sp³-hybridized carbons (Fsp3) is 0.938. The molecule has 0 atom stereocenters. The van der Waals surface area contributed by atoms with Gasteiger partial charge in [-0.15, -0.1) is 0 Å². The largest absolute Gasteiger partial charge is 0.355 e. The highest BCUT2D eigenvalue weighted by Crippen LogP contribution is 2.04. The Morgan fingerprint density at radius 3 is 2.38 bits per heavy atom. The van der Waals surface area contributed by atoms with E-state index in [1.165, 1.54) is 19.4 Å². The third kappa shape index (κ3) is 9.06. The second-order valence-corrected chi connectivity index (χ2v) is 6.50. The third-order valence-electron chi connectivity index (χ3n) is 4.05. The van der Waals surface area contributed by atoms with Crippen molar-refractivity contribution in [3.63, 3.8) is 0 Å². The molecule has 124 valence electrons. The number of nitrogens with one attached hydrogen (secondary N) is 1. The van der Waals surface area contributed by atoms with Gasteiger partial charge in [0.15, 0.2) is 0 Å². The maximum atomic E-state index is 11.8. The molecule has 1 rings (SSSR count). The van der Waals surface area contributed by atoms with E-state index in [0.717, 1.165) is 52.1 Å². The molecule has 1 aliphatic heterocycles. The number of hydrogen-bond acceptors (Lipinski definition) is 4. The predicted molar refractivity (Wildman–Crippen MR) is 88.3 cm³/mol. The first-order valence-corrected chi connectivity index (χ1v) is 8.53. The molecule has 1 heterocycles. The topological polar surface area (TPSA) is 61.6 Å². The van der Waals surface area contributed by atoms with Crippen LogP contribution in [0.2, 0.25) is 0 Å². The van der Waals surface area contributed by atoms with Gasteiger partial charge in [0, 0.05) is 32.7 Å². The van der Waals surface area contributed by atoms with E-state index in [1.807, 2.05) is 0 Å². The molecule has 21 heavy (non-hydrogen) atoms. The molecule has 0 saturated carbocycles. The maximum Gasteiger partial charge on any atom is 0.234 e. The zero-order valence-corrected chi connectivity index (χ0v) is 13.9. The Kier molecular flexibility index (Phi) is 9.63. The fourth-order valence-electron chi connectivity index (χ4n) is 2.59. The van der Waals surface area contributed by atoms with Crippen molar-refractivity contribution in [2.75, 3.05) is 52.4 Å². The summed E-state index contributed by atoms with van der Waals surface area (Å²) in [4.78, 5) is 16.6. The van der Waals surface area contributed by atoms with Crippen LogP contribution in [0.25, 0.3) is 0 Å². The lowest BCUT2D eigenvalue weighted by Crippen LogP contribution is -2.49. The second kappa shape index (κ2) is 11.0. The molecule has 0 bridgehead atoms. The van der Waals surface area contributed by atoms with E-state index in [2.05, 4.69) is 29.0 Å². The Labute approximate surface area is 130 Å². The van der Waals surface area contributed by atoms with Crippen molar-refractivity contribution in [2.45, 2.75) is 39.5 Å². The fourth-order valence-corrected chi connectivity index (χ4v) is 2.59. The molecule has 5 nitrogen and oxygen atoms in total. The van der Waals surface area contributed by atoms with E-state index >= 15 is 0 Å². The lowest BCUT2D eigenvalue weighted by molar-refractivity contribution is -0.122. The number of unbranched alkanes of at least 4 members (excludes halogenated alkanes) is 2. The Morgan fingerprint density at radius 1 is 1.10 bits per heavy atom. The summed E-state index contributed by atoms with van der Waals surface area (Å²) in [6.07, 6.45) is 4.67. The van der Waals surface area contributed by atoms with Crippen LogP contribution in [-0.4, -0.2) is 68.1 Å². The molecular formula is C16H34N4O. The normalized spacial score (nSPS) is 17.3. The minimum atomic E-state index is 0.173. The minimum absolute atomic E-state index is 0.173. The van der Waals surface area contributed by atoms with E-state index in [9.17, 15) is 4.79 Å². The maximum absolute atomic E-state index is 11.8. The Bertz CT molecular complexity index is 275. The van der Waals surface area contributed by atoms with Gasteiger partial charge in [-0.25, -0.2) is 0 Å². The van der Waals surface area contributed by atoms with Crippen LogP contribution in [0, 0.1) is 5.92 Å². The summed E-state index contributed by atoms with van der Waals surface area (Å²) in [7, 11) is 0. The van der Waals surface area contributed by atoms with Crippen LogP contribution in [0.4, 0.5) is 0 Å². The van der Waals surface area contributed by atoms with Crippen LogP contribution in [0.3, 0.4) is 0 Å². The first kappa shape index (κ1) is 18.4. The summed E-state index contributed by atoms with van der Waals surface area (Å²) in [5.41, 5.74) is 5.51. The van der Waals surface area contributed by atoms with Gasteiger partial charge in [0.25, 0.3) is 0 Å². The monoisotopic (exact) mass is 298 g/mol. The van der Waals surface area contributed by atoms with Crippen molar-refractivity contribution in [1.82, 2.24) is 15.1 Å². The quantitative estimate of drug-likeness (QED) is 0.588. The van der Waals surface area contributed by atoms with Crippen LogP contribution in [0.15, 0.2) is 0 Å². The first-order chi connectivity index (χ1) is 10.1. The van der Waals surface area contributed by atoms with Crippen molar-refractivity contribution in [3.05, 3.63) is 0 Å². The molecule has 5 heteroatoms. The molecule has 0 spiro atoms. The molecule has 0 aromatic rings. The van der Waals surface area contributed by atoms with Crippen LogP contribution in [-0.2, 0) is 4.79 Å². The summed E-state index contributed by atoms with van der Waals surface area (Å²) in [5.74, 6) is 0.820. The number of carbonyl (C=O) groups excluding carboxylic acids is 1. The summed E-state index contributed by atoms with van der Waals surface area (Å²) in [5, 5.41) is 3.01. The minimum Gasteiger partial charge on any atom is -0.355 e. The number of nitrogens with two attached hydrogens (primary N) is 1. The van der Waals surface area contributed by atoms with Gasteiger partial charge in [-0.1, -0.05) is 20.3 Å². The summed E-state index contributed by atoms with van der Waals surface area (Å²) in [6, 6.07) is 0. The number of carbonyl (C=O) groups is 1. The number of rotatable bonds is 10. The highest BCUT2D eigenvalue weighted by Gasteiger charge is 2.18. The molecule has 0 aromatic heterocycles. The van der Waals surface area contributed by atoms with Crippen LogP contribution in [0.5, 0.6) is 0 Å². The Morgan fingerprint density at radius 2 is 1.76 bits per heavy atom. The molecule has 1 saturated heterocycles. The average molecular weight is 298 g/mol. The SMILES string of the molecule is CC(C)CCNC(=O)CN1CCN(CCCCCN)CC1. The summed E-state index contributed by atoms with van der Waals surface area (Å²) >= 11 is 0. The standard InChI is InChI=1S/C16H34N4O/c1-15(2)6-8-18-16(21)14-20-12-10-19(11-13-20)9-5-3-4-7-17/h15H,3-14,17H2,1-2H3,(H,18,21). The van der Waals surface area contributed by atoms with Crippen molar-refractivity contribution in [2.24, 2.45) is 11.7 Å². The van der Waals surface area contributed by atoms with Gasteiger partial charge in [-0.2, -0.15) is 0 Å². The second-order valence-electron chi connectivity index (χ2n) is 6.50. The molecule has 0 aromatic carbocycles. The zero-order valence-electron chi connectivity index (χ0n) is 13.9. The van der Waals surface area contributed by atoms with Gasteiger partial charge in [-0.05, 0) is 38.3 Å². The van der Waals surface area contributed by atoms with Gasteiger partial charge in [0.05, 0.1) is 6.54 Å². The molecule has 1 amide bonds. The molecule has 1 aliphatic rings. The predicted octanol–water partition coefficient (Wildman–Crippen LogP) is 0.895. The summed E-state index contributed by atoms with van der Waals surface area (Å²) < 4.78 is 0. The highest BCUT2D eigenvalue weighted by molar-refractivity contribution is 5.77. The Balaban J connectivity index is 2.05. The van der Waals surface area contributed by atoms with E-state index in [1.54, 1.807) is 0 Å². The van der Waals surface area contributed by atoms with Crippen LogP contribution in [0.1, 0.15) is 39.5 Å².